The lowest BCUT2D eigenvalue weighted by molar-refractivity contribution is 0.415. The molecule has 0 spiro atoms. The molecule has 25 heavy (non-hydrogen) atoms. The van der Waals surface area contributed by atoms with Crippen LogP contribution in [0.5, 0.6) is 5.75 Å². The number of nitrogens with zero attached hydrogens (tertiary/aromatic N) is 3. The highest BCUT2D eigenvalue weighted by molar-refractivity contribution is 5.81. The summed E-state index contributed by atoms with van der Waals surface area (Å²) >= 11 is 0. The summed E-state index contributed by atoms with van der Waals surface area (Å²) in [4.78, 5) is 12.3. The van der Waals surface area contributed by atoms with Gasteiger partial charge in [0, 0.05) is 17.3 Å². The zero-order chi connectivity index (χ0) is 17.2. The molecule has 0 unspecified atom stereocenters. The quantitative estimate of drug-likeness (QED) is 0.613. The molecule has 2 heterocycles. The van der Waals surface area contributed by atoms with E-state index in [-0.39, 0.29) is 0 Å². The molecule has 5 nitrogen and oxygen atoms in total. The molecule has 4 rings (SSSR count). The van der Waals surface area contributed by atoms with Crippen LogP contribution >= 0.6 is 0 Å². The van der Waals surface area contributed by atoms with Gasteiger partial charge in [-0.15, -0.1) is 0 Å². The van der Waals surface area contributed by atoms with Gasteiger partial charge >= 0.3 is 0 Å². The summed E-state index contributed by atoms with van der Waals surface area (Å²) in [7, 11) is 1.64. The van der Waals surface area contributed by atoms with Gasteiger partial charge in [0.1, 0.15) is 11.6 Å². The minimum absolute atomic E-state index is 0.640. The van der Waals surface area contributed by atoms with Crippen LogP contribution in [-0.4, -0.2) is 22.1 Å². The van der Waals surface area contributed by atoms with Crippen molar-refractivity contribution < 1.29 is 4.74 Å². The maximum absolute atomic E-state index is 8.90. The van der Waals surface area contributed by atoms with Gasteiger partial charge in [0.15, 0.2) is 5.65 Å². The smallest absolute Gasteiger partial charge is 0.178 e. The average molecular weight is 326 g/mol. The molecular formula is C20H14N4O. The molecule has 2 aromatic heterocycles. The highest BCUT2D eigenvalue weighted by atomic mass is 16.5. The monoisotopic (exact) mass is 326 g/mol. The molecule has 120 valence electrons. The van der Waals surface area contributed by atoms with Crippen molar-refractivity contribution in [2.45, 2.75) is 0 Å². The molecule has 2 aromatic carbocycles. The molecule has 5 heteroatoms. The Morgan fingerprint density at radius 3 is 2.36 bits per heavy atom. The second-order valence-corrected chi connectivity index (χ2v) is 5.60. The molecule has 0 atom stereocenters. The molecule has 0 saturated heterocycles. The summed E-state index contributed by atoms with van der Waals surface area (Å²) in [5.41, 5.74) is 5.13. The number of nitrogens with one attached hydrogen (secondary N) is 1. The predicted molar refractivity (Wildman–Crippen MR) is 96.0 cm³/mol. The van der Waals surface area contributed by atoms with E-state index >= 15 is 0 Å². The Morgan fingerprint density at radius 2 is 1.68 bits per heavy atom. The number of aromatic nitrogens is 3. The summed E-state index contributed by atoms with van der Waals surface area (Å²) < 4.78 is 5.18. The van der Waals surface area contributed by atoms with E-state index < -0.39 is 0 Å². The number of methoxy groups -OCH3 is 1. The summed E-state index contributed by atoms with van der Waals surface area (Å²) in [6, 6.07) is 19.3. The molecule has 0 saturated carbocycles. The number of rotatable bonds is 3. The number of ether oxygens (including phenoxy) is 1. The van der Waals surface area contributed by atoms with Crippen LogP contribution in [0.1, 0.15) is 5.56 Å². The third-order valence-electron chi connectivity index (χ3n) is 4.05. The van der Waals surface area contributed by atoms with Crippen LogP contribution in [-0.2, 0) is 0 Å². The van der Waals surface area contributed by atoms with E-state index in [0.29, 0.717) is 11.2 Å². The van der Waals surface area contributed by atoms with Gasteiger partial charge in [-0.3, -0.25) is 0 Å². The van der Waals surface area contributed by atoms with Crippen LogP contribution in [0.25, 0.3) is 33.7 Å². The van der Waals surface area contributed by atoms with E-state index in [0.717, 1.165) is 33.8 Å². The Hall–Kier alpha value is -3.65. The molecule has 0 aliphatic rings. The number of benzene rings is 2. The fourth-order valence-electron chi connectivity index (χ4n) is 2.68. The number of aromatic amines is 1. The first-order valence-electron chi connectivity index (χ1n) is 7.77. The van der Waals surface area contributed by atoms with E-state index in [2.05, 4.69) is 21.0 Å². The lowest BCUT2D eigenvalue weighted by atomic mass is 10.1. The molecular weight excluding hydrogens is 312 g/mol. The number of nitriles is 1. The third-order valence-corrected chi connectivity index (χ3v) is 4.05. The summed E-state index contributed by atoms with van der Waals surface area (Å²) in [6.07, 6.45) is 1.79. The first-order valence-corrected chi connectivity index (χ1v) is 7.77. The molecule has 0 bridgehead atoms. The normalized spacial score (nSPS) is 10.6. The topological polar surface area (TPSA) is 74.6 Å². The van der Waals surface area contributed by atoms with Gasteiger partial charge in [-0.25, -0.2) is 9.97 Å². The Balaban J connectivity index is 1.72. The lowest BCUT2D eigenvalue weighted by Crippen LogP contribution is -1.83. The van der Waals surface area contributed by atoms with E-state index in [1.54, 1.807) is 25.4 Å². The number of H-pyrrole nitrogens is 1. The second-order valence-electron chi connectivity index (χ2n) is 5.60. The lowest BCUT2D eigenvalue weighted by Gasteiger charge is -2.01. The maximum Gasteiger partial charge on any atom is 0.178 e. The average Bonchev–Trinajstić information content (AvgIpc) is 3.11. The largest absolute Gasteiger partial charge is 0.497 e. The molecule has 0 aliphatic carbocycles. The van der Waals surface area contributed by atoms with E-state index in [1.807, 2.05) is 42.5 Å². The van der Waals surface area contributed by atoms with Crippen LogP contribution < -0.4 is 4.74 Å². The van der Waals surface area contributed by atoms with Gasteiger partial charge in [-0.1, -0.05) is 12.1 Å². The molecule has 0 amide bonds. The molecule has 0 aliphatic heterocycles. The van der Waals surface area contributed by atoms with Crippen LogP contribution in [0.15, 0.2) is 60.8 Å². The van der Waals surface area contributed by atoms with Crippen molar-refractivity contribution in [3.63, 3.8) is 0 Å². The zero-order valence-electron chi connectivity index (χ0n) is 13.5. The van der Waals surface area contributed by atoms with Crippen molar-refractivity contribution in [1.29, 1.82) is 5.26 Å². The van der Waals surface area contributed by atoms with Crippen molar-refractivity contribution in [2.75, 3.05) is 7.11 Å². The Labute approximate surface area is 144 Å². The van der Waals surface area contributed by atoms with Gasteiger partial charge in [0.2, 0.25) is 0 Å². The van der Waals surface area contributed by atoms with Gasteiger partial charge in [0.05, 0.1) is 24.3 Å². The first kappa shape index (κ1) is 14.9. The van der Waals surface area contributed by atoms with Crippen molar-refractivity contribution in [2.24, 2.45) is 0 Å². The van der Waals surface area contributed by atoms with E-state index in [4.69, 9.17) is 10.00 Å². The summed E-state index contributed by atoms with van der Waals surface area (Å²) in [5, 5.41) is 8.90. The van der Waals surface area contributed by atoms with Gasteiger partial charge < -0.3 is 9.72 Å². The van der Waals surface area contributed by atoms with E-state index in [9.17, 15) is 0 Å². The van der Waals surface area contributed by atoms with Crippen LogP contribution in [0.4, 0.5) is 0 Å². The Kier molecular flexibility index (Phi) is 3.64. The number of fused-ring (bicyclic) bond motifs is 1. The number of hydrogen-bond acceptors (Lipinski definition) is 4. The summed E-state index contributed by atoms with van der Waals surface area (Å²) in [5.74, 6) is 1.57. The van der Waals surface area contributed by atoms with Gasteiger partial charge in [0.25, 0.3) is 0 Å². The standard InChI is InChI=1S/C20H14N4O/c1-25-17-8-6-15(7-9-17)19-23-18-10-16(12-22-20(18)24-19)14-4-2-13(11-21)3-5-14/h2-10,12H,1H3,(H,22,23,24). The molecule has 4 aromatic rings. The highest BCUT2D eigenvalue weighted by Crippen LogP contribution is 2.25. The fourth-order valence-corrected chi connectivity index (χ4v) is 2.68. The van der Waals surface area contributed by atoms with Crippen molar-refractivity contribution in [3.8, 4) is 34.3 Å². The first-order chi connectivity index (χ1) is 12.3. The van der Waals surface area contributed by atoms with Crippen LogP contribution in [0.3, 0.4) is 0 Å². The SMILES string of the molecule is COc1ccc(-c2nc3ncc(-c4ccc(C#N)cc4)cc3[nH]2)cc1. The van der Waals surface area contributed by atoms with Gasteiger partial charge in [-0.2, -0.15) is 5.26 Å². The van der Waals surface area contributed by atoms with E-state index in [1.165, 1.54) is 0 Å². The molecule has 0 radical (unpaired) electrons. The predicted octanol–water partition coefficient (Wildman–Crippen LogP) is 4.17. The number of imidazole rings is 1. The second kappa shape index (κ2) is 6.10. The van der Waals surface area contributed by atoms with Crippen LogP contribution in [0.2, 0.25) is 0 Å². The molecule has 0 fully saturated rings. The number of pyridine rings is 1. The summed E-state index contributed by atoms with van der Waals surface area (Å²) in [6.45, 7) is 0. The highest BCUT2D eigenvalue weighted by Gasteiger charge is 2.08. The zero-order valence-corrected chi connectivity index (χ0v) is 13.5. The third kappa shape index (κ3) is 2.81. The minimum atomic E-state index is 0.640. The fraction of sp³-hybridized carbons (Fsp3) is 0.0500. The Bertz CT molecular complexity index is 1070. The van der Waals surface area contributed by atoms with Crippen molar-refractivity contribution in [3.05, 3.63) is 66.4 Å². The maximum atomic E-state index is 8.90. The Morgan fingerprint density at radius 1 is 0.960 bits per heavy atom. The minimum Gasteiger partial charge on any atom is -0.497 e. The molecule has 1 N–H and O–H groups in total. The van der Waals surface area contributed by atoms with Gasteiger partial charge in [-0.05, 0) is 48.0 Å². The van der Waals surface area contributed by atoms with Crippen molar-refractivity contribution >= 4 is 11.2 Å². The van der Waals surface area contributed by atoms with Crippen molar-refractivity contribution in [1.82, 2.24) is 15.0 Å². The van der Waals surface area contributed by atoms with Crippen LogP contribution in [0, 0.1) is 11.3 Å². The number of hydrogen-bond donors (Lipinski definition) is 1.